The summed E-state index contributed by atoms with van der Waals surface area (Å²) in [5.74, 6) is -1.71. The van der Waals surface area contributed by atoms with Crippen molar-refractivity contribution in [3.05, 3.63) is 48.0 Å². The van der Waals surface area contributed by atoms with E-state index in [0.717, 1.165) is 16.3 Å². The van der Waals surface area contributed by atoms with Gasteiger partial charge in [-0.3, -0.25) is 9.59 Å². The molecule has 0 aliphatic carbocycles. The molecule has 0 heterocycles. The van der Waals surface area contributed by atoms with Gasteiger partial charge in [-0.2, -0.15) is 0 Å². The SMILES string of the molecule is COC(=O)CC(CC(=O)O)c1cccc2ccccc12. The van der Waals surface area contributed by atoms with Gasteiger partial charge in [-0.05, 0) is 16.3 Å². The molecule has 1 N–H and O–H groups in total. The first-order valence-corrected chi connectivity index (χ1v) is 6.38. The fourth-order valence-electron chi connectivity index (χ4n) is 2.39. The number of carbonyl (C=O) groups excluding carboxylic acids is 1. The van der Waals surface area contributed by atoms with Crippen LogP contribution in [-0.4, -0.2) is 24.2 Å². The molecular weight excluding hydrogens is 256 g/mol. The van der Waals surface area contributed by atoms with Gasteiger partial charge < -0.3 is 9.84 Å². The molecule has 2 rings (SSSR count). The highest BCUT2D eigenvalue weighted by atomic mass is 16.5. The predicted octanol–water partition coefficient (Wildman–Crippen LogP) is 2.96. The lowest BCUT2D eigenvalue weighted by atomic mass is 9.88. The Kier molecular flexibility index (Phi) is 4.35. The van der Waals surface area contributed by atoms with Crippen LogP contribution < -0.4 is 0 Å². The van der Waals surface area contributed by atoms with Gasteiger partial charge in [-0.15, -0.1) is 0 Å². The Hall–Kier alpha value is -2.36. The minimum atomic E-state index is -0.924. The molecule has 2 aromatic carbocycles. The maximum atomic E-state index is 11.5. The second kappa shape index (κ2) is 6.19. The number of ether oxygens (including phenoxy) is 1. The molecule has 0 bridgehead atoms. The minimum absolute atomic E-state index is 0.0663. The van der Waals surface area contributed by atoms with Gasteiger partial charge in [0.25, 0.3) is 0 Å². The maximum absolute atomic E-state index is 11.5. The van der Waals surface area contributed by atoms with Crippen LogP contribution in [-0.2, 0) is 14.3 Å². The number of aliphatic carboxylic acids is 1. The highest BCUT2D eigenvalue weighted by molar-refractivity contribution is 5.87. The summed E-state index contributed by atoms with van der Waals surface area (Å²) in [7, 11) is 1.31. The molecule has 2 aromatic rings. The number of hydrogen-bond acceptors (Lipinski definition) is 3. The summed E-state index contributed by atoms with van der Waals surface area (Å²) in [6, 6.07) is 13.5. The summed E-state index contributed by atoms with van der Waals surface area (Å²) in [4.78, 5) is 22.5. The molecule has 0 radical (unpaired) electrons. The monoisotopic (exact) mass is 272 g/mol. The lowest BCUT2D eigenvalue weighted by molar-refractivity contribution is -0.141. The van der Waals surface area contributed by atoms with Crippen molar-refractivity contribution in [2.24, 2.45) is 0 Å². The van der Waals surface area contributed by atoms with Crippen LogP contribution in [0.5, 0.6) is 0 Å². The first kappa shape index (κ1) is 14.1. The van der Waals surface area contributed by atoms with E-state index in [1.165, 1.54) is 7.11 Å². The Morgan fingerprint density at radius 3 is 2.50 bits per heavy atom. The van der Waals surface area contributed by atoms with Crippen molar-refractivity contribution in [2.75, 3.05) is 7.11 Å². The zero-order valence-electron chi connectivity index (χ0n) is 11.2. The van der Waals surface area contributed by atoms with Crippen molar-refractivity contribution in [3.63, 3.8) is 0 Å². The normalized spacial score (nSPS) is 12.1. The van der Waals surface area contributed by atoms with Crippen LogP contribution in [0.3, 0.4) is 0 Å². The van der Waals surface area contributed by atoms with E-state index in [1.54, 1.807) is 0 Å². The highest BCUT2D eigenvalue weighted by Crippen LogP contribution is 2.30. The molecule has 4 heteroatoms. The topological polar surface area (TPSA) is 63.6 Å². The van der Waals surface area contributed by atoms with Crippen LogP contribution in [0.25, 0.3) is 10.8 Å². The Morgan fingerprint density at radius 2 is 1.80 bits per heavy atom. The van der Waals surface area contributed by atoms with Crippen LogP contribution in [0.2, 0.25) is 0 Å². The minimum Gasteiger partial charge on any atom is -0.481 e. The number of methoxy groups -OCH3 is 1. The van der Waals surface area contributed by atoms with E-state index in [2.05, 4.69) is 4.74 Å². The molecule has 0 aromatic heterocycles. The van der Waals surface area contributed by atoms with Gasteiger partial charge >= 0.3 is 11.9 Å². The number of esters is 1. The second-order valence-electron chi connectivity index (χ2n) is 4.64. The summed E-state index contributed by atoms with van der Waals surface area (Å²) in [6.07, 6.45) is -0.0279. The quantitative estimate of drug-likeness (QED) is 0.850. The Bertz CT molecular complexity index is 628. The molecule has 4 nitrogen and oxygen atoms in total. The fraction of sp³-hybridized carbons (Fsp3) is 0.250. The molecule has 0 fully saturated rings. The van der Waals surface area contributed by atoms with E-state index in [-0.39, 0.29) is 18.8 Å². The molecule has 0 aliphatic heterocycles. The standard InChI is InChI=1S/C16H16O4/c1-20-16(19)10-12(9-15(17)18)14-8-4-6-11-5-2-3-7-13(11)14/h2-8,12H,9-10H2,1H3,(H,17,18). The Morgan fingerprint density at radius 1 is 1.10 bits per heavy atom. The predicted molar refractivity (Wildman–Crippen MR) is 75.6 cm³/mol. The smallest absolute Gasteiger partial charge is 0.306 e. The maximum Gasteiger partial charge on any atom is 0.306 e. The van der Waals surface area contributed by atoms with Crippen molar-refractivity contribution in [1.82, 2.24) is 0 Å². The highest BCUT2D eigenvalue weighted by Gasteiger charge is 2.21. The van der Waals surface area contributed by atoms with Crippen molar-refractivity contribution in [1.29, 1.82) is 0 Å². The average molecular weight is 272 g/mol. The Balaban J connectivity index is 2.44. The molecule has 1 atom stereocenters. The van der Waals surface area contributed by atoms with Crippen LogP contribution in [0, 0.1) is 0 Å². The molecule has 0 aliphatic rings. The zero-order chi connectivity index (χ0) is 14.5. The van der Waals surface area contributed by atoms with Crippen molar-refractivity contribution >= 4 is 22.7 Å². The summed E-state index contributed by atoms with van der Waals surface area (Å²) in [5, 5.41) is 11.1. The molecule has 1 unspecified atom stereocenters. The van der Waals surface area contributed by atoms with E-state index in [4.69, 9.17) is 5.11 Å². The van der Waals surface area contributed by atoms with Gasteiger partial charge in [0.15, 0.2) is 0 Å². The third-order valence-corrected chi connectivity index (χ3v) is 3.32. The second-order valence-corrected chi connectivity index (χ2v) is 4.64. The van der Waals surface area contributed by atoms with Gasteiger partial charge in [-0.25, -0.2) is 0 Å². The number of benzene rings is 2. The van der Waals surface area contributed by atoms with Gasteiger partial charge in [0.1, 0.15) is 0 Å². The van der Waals surface area contributed by atoms with E-state index in [9.17, 15) is 9.59 Å². The molecular formula is C16H16O4. The number of carbonyl (C=O) groups is 2. The van der Waals surface area contributed by atoms with E-state index in [0.29, 0.717) is 0 Å². The van der Waals surface area contributed by atoms with E-state index >= 15 is 0 Å². The van der Waals surface area contributed by atoms with Crippen LogP contribution in [0.4, 0.5) is 0 Å². The average Bonchev–Trinajstić information content (AvgIpc) is 2.45. The molecule has 0 saturated heterocycles. The molecule has 104 valence electrons. The third kappa shape index (κ3) is 3.15. The first-order chi connectivity index (χ1) is 9.61. The van der Waals surface area contributed by atoms with Gasteiger partial charge in [-0.1, -0.05) is 42.5 Å². The van der Waals surface area contributed by atoms with Crippen molar-refractivity contribution in [2.45, 2.75) is 18.8 Å². The fourth-order valence-corrected chi connectivity index (χ4v) is 2.39. The molecule has 20 heavy (non-hydrogen) atoms. The van der Waals surface area contributed by atoms with Crippen molar-refractivity contribution in [3.8, 4) is 0 Å². The first-order valence-electron chi connectivity index (χ1n) is 6.38. The Labute approximate surface area is 117 Å². The summed E-state index contributed by atoms with van der Waals surface area (Å²) in [5.41, 5.74) is 0.871. The lowest BCUT2D eigenvalue weighted by Gasteiger charge is -2.16. The lowest BCUT2D eigenvalue weighted by Crippen LogP contribution is -2.13. The van der Waals surface area contributed by atoms with Gasteiger partial charge in [0.2, 0.25) is 0 Å². The number of carboxylic acid groups (broad SMARTS) is 1. The summed E-state index contributed by atoms with van der Waals surface area (Å²) >= 11 is 0. The molecule has 0 amide bonds. The van der Waals surface area contributed by atoms with Crippen LogP contribution in [0.1, 0.15) is 24.3 Å². The zero-order valence-corrected chi connectivity index (χ0v) is 11.2. The van der Waals surface area contributed by atoms with Gasteiger partial charge in [0, 0.05) is 5.92 Å². The largest absolute Gasteiger partial charge is 0.481 e. The van der Waals surface area contributed by atoms with Crippen molar-refractivity contribution < 1.29 is 19.4 Å². The summed E-state index contributed by atoms with van der Waals surface area (Å²) < 4.78 is 4.66. The number of rotatable bonds is 5. The third-order valence-electron chi connectivity index (χ3n) is 3.32. The molecule has 0 spiro atoms. The number of hydrogen-bond donors (Lipinski definition) is 1. The molecule has 0 saturated carbocycles. The number of fused-ring (bicyclic) bond motifs is 1. The van der Waals surface area contributed by atoms with E-state index < -0.39 is 11.9 Å². The van der Waals surface area contributed by atoms with E-state index in [1.807, 2.05) is 42.5 Å². The van der Waals surface area contributed by atoms with Crippen LogP contribution >= 0.6 is 0 Å². The van der Waals surface area contributed by atoms with Gasteiger partial charge in [0.05, 0.1) is 20.0 Å². The summed E-state index contributed by atoms with van der Waals surface area (Å²) in [6.45, 7) is 0. The number of carboxylic acids is 1. The van der Waals surface area contributed by atoms with Crippen LogP contribution in [0.15, 0.2) is 42.5 Å².